The van der Waals surface area contributed by atoms with Crippen LogP contribution in [0.5, 0.6) is 0 Å². The molecule has 31 heavy (non-hydrogen) atoms. The quantitative estimate of drug-likeness (QED) is 0.456. The molecule has 1 aliphatic heterocycles. The Morgan fingerprint density at radius 1 is 1.03 bits per heavy atom. The van der Waals surface area contributed by atoms with E-state index in [4.69, 9.17) is 18.9 Å². The van der Waals surface area contributed by atoms with Crippen molar-refractivity contribution in [1.82, 2.24) is 0 Å². The number of carbonyl (C=O) groups is 2. The van der Waals surface area contributed by atoms with Crippen LogP contribution in [-0.4, -0.2) is 30.8 Å². The SMILES string of the molecule is CC.CCOC(=O)C1(C(=O)OCC)CC2=CC(C)C=C(OCc3ccccc3)C=C2O1. The number of carbonyl (C=O) groups excluding carboxylic acids is 2. The number of fused-ring (bicyclic) bond motifs is 1. The Hall–Kier alpha value is -3.02. The summed E-state index contributed by atoms with van der Waals surface area (Å²) in [5, 5.41) is 0. The van der Waals surface area contributed by atoms with E-state index in [1.807, 2.05) is 63.3 Å². The second-order valence-corrected chi connectivity index (χ2v) is 6.95. The molecule has 0 saturated carbocycles. The summed E-state index contributed by atoms with van der Waals surface area (Å²) in [6.45, 7) is 10.1. The van der Waals surface area contributed by atoms with Crippen molar-refractivity contribution in [2.24, 2.45) is 5.92 Å². The molecule has 0 radical (unpaired) electrons. The van der Waals surface area contributed by atoms with Crippen LogP contribution in [-0.2, 0) is 35.1 Å². The molecule has 1 aliphatic carbocycles. The van der Waals surface area contributed by atoms with E-state index in [1.54, 1.807) is 19.9 Å². The minimum absolute atomic E-state index is 0.0355. The molecule has 6 nitrogen and oxygen atoms in total. The van der Waals surface area contributed by atoms with Crippen molar-refractivity contribution in [3.05, 3.63) is 71.2 Å². The van der Waals surface area contributed by atoms with Crippen molar-refractivity contribution in [3.63, 3.8) is 0 Å². The topological polar surface area (TPSA) is 71.1 Å². The zero-order valence-corrected chi connectivity index (χ0v) is 19.0. The van der Waals surface area contributed by atoms with Crippen LogP contribution in [0.2, 0.25) is 0 Å². The van der Waals surface area contributed by atoms with Gasteiger partial charge in [0, 0.05) is 12.5 Å². The van der Waals surface area contributed by atoms with Gasteiger partial charge in [-0.15, -0.1) is 0 Å². The van der Waals surface area contributed by atoms with Gasteiger partial charge in [0.15, 0.2) is 0 Å². The maximum atomic E-state index is 12.6. The van der Waals surface area contributed by atoms with Gasteiger partial charge in [-0.3, -0.25) is 0 Å². The van der Waals surface area contributed by atoms with Crippen LogP contribution in [0.3, 0.4) is 0 Å². The Bertz CT molecular complexity index is 832. The highest BCUT2D eigenvalue weighted by Crippen LogP contribution is 2.42. The largest absolute Gasteiger partial charge is 0.489 e. The van der Waals surface area contributed by atoms with Gasteiger partial charge in [-0.05, 0) is 37.0 Å². The Balaban J connectivity index is 0.00000166. The highest BCUT2D eigenvalue weighted by Gasteiger charge is 2.57. The highest BCUT2D eigenvalue weighted by molar-refractivity contribution is 6.05. The van der Waals surface area contributed by atoms with E-state index in [-0.39, 0.29) is 25.6 Å². The minimum Gasteiger partial charge on any atom is -0.489 e. The van der Waals surface area contributed by atoms with E-state index in [0.29, 0.717) is 18.1 Å². The zero-order chi connectivity index (χ0) is 22.9. The van der Waals surface area contributed by atoms with Crippen molar-refractivity contribution in [2.75, 3.05) is 13.2 Å². The van der Waals surface area contributed by atoms with Gasteiger partial charge in [0.1, 0.15) is 18.1 Å². The molecule has 1 saturated heterocycles. The minimum atomic E-state index is -1.81. The average Bonchev–Trinajstić information content (AvgIpc) is 3.06. The molecule has 0 spiro atoms. The number of rotatable bonds is 7. The molecule has 0 N–H and O–H groups in total. The zero-order valence-electron chi connectivity index (χ0n) is 19.0. The summed E-state index contributed by atoms with van der Waals surface area (Å²) in [5.74, 6) is -0.400. The van der Waals surface area contributed by atoms with Crippen LogP contribution >= 0.6 is 0 Å². The van der Waals surface area contributed by atoms with Crippen LogP contribution in [0.1, 0.15) is 46.6 Å². The van der Waals surface area contributed by atoms with Crippen molar-refractivity contribution >= 4 is 11.9 Å². The summed E-state index contributed by atoms with van der Waals surface area (Å²) < 4.78 is 22.1. The van der Waals surface area contributed by atoms with Crippen molar-refractivity contribution in [2.45, 2.75) is 53.2 Å². The van der Waals surface area contributed by atoms with Gasteiger partial charge in [0.25, 0.3) is 0 Å². The monoisotopic (exact) mass is 428 g/mol. The van der Waals surface area contributed by atoms with Crippen molar-refractivity contribution in [1.29, 1.82) is 0 Å². The second-order valence-electron chi connectivity index (χ2n) is 6.95. The number of allylic oxidation sites excluding steroid dienone is 4. The summed E-state index contributed by atoms with van der Waals surface area (Å²) >= 11 is 0. The van der Waals surface area contributed by atoms with Crippen LogP contribution in [0.15, 0.2) is 65.7 Å². The lowest BCUT2D eigenvalue weighted by molar-refractivity contribution is -0.181. The molecule has 0 amide bonds. The van der Waals surface area contributed by atoms with Crippen LogP contribution in [0.4, 0.5) is 0 Å². The maximum Gasteiger partial charge on any atom is 0.362 e. The Morgan fingerprint density at radius 2 is 1.65 bits per heavy atom. The van der Waals surface area contributed by atoms with Crippen LogP contribution in [0, 0.1) is 5.92 Å². The number of hydrogen-bond acceptors (Lipinski definition) is 6. The van der Waals surface area contributed by atoms with Crippen LogP contribution < -0.4 is 0 Å². The van der Waals surface area contributed by atoms with Gasteiger partial charge in [-0.2, -0.15) is 0 Å². The fourth-order valence-corrected chi connectivity index (χ4v) is 3.35. The standard InChI is InChI=1S/C23H26O6.C2H6/c1-4-26-21(24)23(22(25)27-5-2)14-18-11-16(3)12-19(13-20(18)29-23)28-15-17-9-7-6-8-10-17;1-2/h6-13,16H,4-5,14-15H2,1-3H3;1-2H3. The molecule has 0 bridgehead atoms. The van der Waals surface area contributed by atoms with E-state index < -0.39 is 17.5 Å². The molecule has 1 heterocycles. The normalized spacial score (nSPS) is 18.5. The third kappa shape index (κ3) is 5.78. The Morgan fingerprint density at radius 3 is 2.23 bits per heavy atom. The van der Waals surface area contributed by atoms with E-state index in [0.717, 1.165) is 11.1 Å². The average molecular weight is 429 g/mol. The van der Waals surface area contributed by atoms with Gasteiger partial charge in [-0.1, -0.05) is 57.2 Å². The summed E-state index contributed by atoms with van der Waals surface area (Å²) in [6.07, 6.45) is 5.73. The fraction of sp³-hybridized carbons (Fsp3) is 0.440. The summed E-state index contributed by atoms with van der Waals surface area (Å²) in [6, 6.07) is 9.82. The molecule has 0 aromatic heterocycles. The molecular formula is C25H32O6. The number of benzene rings is 1. The van der Waals surface area contributed by atoms with Gasteiger partial charge in [0.2, 0.25) is 0 Å². The molecule has 1 aromatic carbocycles. The smallest absolute Gasteiger partial charge is 0.362 e. The van der Waals surface area contributed by atoms with Gasteiger partial charge in [-0.25, -0.2) is 9.59 Å². The van der Waals surface area contributed by atoms with E-state index >= 15 is 0 Å². The Kier molecular flexibility index (Phi) is 8.91. The van der Waals surface area contributed by atoms with Gasteiger partial charge < -0.3 is 18.9 Å². The molecule has 3 rings (SSSR count). The predicted octanol–water partition coefficient (Wildman–Crippen LogP) is 4.86. The lowest BCUT2D eigenvalue weighted by atomic mass is 9.95. The van der Waals surface area contributed by atoms with Crippen molar-refractivity contribution < 1.29 is 28.5 Å². The Labute approximate surface area is 184 Å². The lowest BCUT2D eigenvalue weighted by Gasteiger charge is -2.23. The molecule has 1 aromatic rings. The van der Waals surface area contributed by atoms with Gasteiger partial charge in [0.05, 0.1) is 13.2 Å². The molecule has 1 atom stereocenters. The summed E-state index contributed by atoms with van der Waals surface area (Å²) in [7, 11) is 0. The fourth-order valence-electron chi connectivity index (χ4n) is 3.35. The molecule has 168 valence electrons. The molecule has 2 aliphatic rings. The first-order chi connectivity index (χ1) is 15.0. The highest BCUT2D eigenvalue weighted by atomic mass is 16.6. The lowest BCUT2D eigenvalue weighted by Crippen LogP contribution is -2.48. The van der Waals surface area contributed by atoms with Crippen LogP contribution in [0.25, 0.3) is 0 Å². The second kappa shape index (κ2) is 11.4. The maximum absolute atomic E-state index is 12.6. The first-order valence-electron chi connectivity index (χ1n) is 10.8. The van der Waals surface area contributed by atoms with E-state index in [1.165, 1.54) is 0 Å². The first kappa shape index (κ1) is 24.3. The predicted molar refractivity (Wildman–Crippen MR) is 118 cm³/mol. The number of ether oxygens (including phenoxy) is 4. The van der Waals surface area contributed by atoms with E-state index in [9.17, 15) is 9.59 Å². The molecular weight excluding hydrogens is 396 g/mol. The number of hydrogen-bond donors (Lipinski definition) is 0. The van der Waals surface area contributed by atoms with E-state index in [2.05, 4.69) is 0 Å². The summed E-state index contributed by atoms with van der Waals surface area (Å²) in [5.41, 5.74) is -0.0181. The summed E-state index contributed by atoms with van der Waals surface area (Å²) in [4.78, 5) is 25.3. The molecule has 6 heteroatoms. The first-order valence-corrected chi connectivity index (χ1v) is 10.8. The molecule has 1 fully saturated rings. The third-order valence-electron chi connectivity index (χ3n) is 4.66. The number of esters is 2. The van der Waals surface area contributed by atoms with Gasteiger partial charge >= 0.3 is 17.5 Å². The van der Waals surface area contributed by atoms with Crippen molar-refractivity contribution in [3.8, 4) is 0 Å². The third-order valence-corrected chi connectivity index (χ3v) is 4.66. The molecule has 1 unspecified atom stereocenters.